The van der Waals surface area contributed by atoms with E-state index < -0.39 is 29.4 Å². The van der Waals surface area contributed by atoms with Gasteiger partial charge in [-0.2, -0.15) is 4.90 Å². The van der Waals surface area contributed by atoms with Gasteiger partial charge < -0.3 is 14.2 Å². The van der Waals surface area contributed by atoms with E-state index in [9.17, 15) is 14.4 Å². The molecule has 2 aromatic rings. The lowest BCUT2D eigenvalue weighted by atomic mass is 10.2. The smallest absolute Gasteiger partial charge is 0.425 e. The van der Waals surface area contributed by atoms with Crippen LogP contribution in [0.25, 0.3) is 5.65 Å². The fourth-order valence-corrected chi connectivity index (χ4v) is 2.80. The summed E-state index contributed by atoms with van der Waals surface area (Å²) in [5.41, 5.74) is -1.36. The molecule has 0 atom stereocenters. The zero-order chi connectivity index (χ0) is 22.9. The molecule has 0 unspecified atom stereocenters. The predicted molar refractivity (Wildman–Crippen MR) is 114 cm³/mol. The Balaban J connectivity index is 2.65. The molecule has 9 nitrogen and oxygen atoms in total. The van der Waals surface area contributed by atoms with E-state index in [2.05, 4.69) is 20.9 Å². The standard InChI is InChI=1S/C20H26BrN3O6/c1-8-28-16(25)13-11-23-14(22-13)9-12(21)10-15(23)24(17(26)29-19(2,3)4)18(27)30-20(5,6)7/h9-11H,8H2,1-7H3. The highest BCUT2D eigenvalue weighted by atomic mass is 79.9. The van der Waals surface area contributed by atoms with Gasteiger partial charge in [-0.1, -0.05) is 15.9 Å². The summed E-state index contributed by atoms with van der Waals surface area (Å²) in [6, 6.07) is 3.16. The summed E-state index contributed by atoms with van der Waals surface area (Å²) >= 11 is 3.35. The van der Waals surface area contributed by atoms with E-state index in [-0.39, 0.29) is 18.1 Å². The zero-order valence-corrected chi connectivity index (χ0v) is 19.7. The molecule has 0 aromatic carbocycles. The highest BCUT2D eigenvalue weighted by molar-refractivity contribution is 9.10. The lowest BCUT2D eigenvalue weighted by Crippen LogP contribution is -2.44. The van der Waals surface area contributed by atoms with Crippen molar-refractivity contribution in [3.05, 3.63) is 28.5 Å². The van der Waals surface area contributed by atoms with Gasteiger partial charge in [-0.15, -0.1) is 0 Å². The van der Waals surface area contributed by atoms with Crippen LogP contribution in [0.1, 0.15) is 59.0 Å². The number of anilines is 1. The number of imide groups is 1. The fraction of sp³-hybridized carbons (Fsp3) is 0.500. The third-order valence-electron chi connectivity index (χ3n) is 3.38. The molecule has 0 aliphatic heterocycles. The monoisotopic (exact) mass is 483 g/mol. The van der Waals surface area contributed by atoms with Crippen LogP contribution in [-0.2, 0) is 14.2 Å². The minimum Gasteiger partial charge on any atom is -0.461 e. The Morgan fingerprint density at radius 3 is 2.03 bits per heavy atom. The van der Waals surface area contributed by atoms with Crippen LogP contribution in [0.15, 0.2) is 22.8 Å². The number of pyridine rings is 1. The highest BCUT2D eigenvalue weighted by Gasteiger charge is 2.34. The lowest BCUT2D eigenvalue weighted by molar-refractivity contribution is 0.0427. The number of nitrogens with zero attached hydrogens (tertiary/aromatic N) is 3. The Morgan fingerprint density at radius 2 is 1.57 bits per heavy atom. The van der Waals surface area contributed by atoms with Gasteiger partial charge in [0.1, 0.15) is 22.7 Å². The zero-order valence-electron chi connectivity index (χ0n) is 18.1. The summed E-state index contributed by atoms with van der Waals surface area (Å²) < 4.78 is 17.8. The number of amides is 2. The SMILES string of the molecule is CCOC(=O)c1cn2c(N(C(=O)OC(C)(C)C)C(=O)OC(C)(C)C)cc(Br)cc2n1. The quantitative estimate of drug-likeness (QED) is 0.449. The van der Waals surface area contributed by atoms with Crippen molar-refractivity contribution in [2.45, 2.75) is 59.7 Å². The summed E-state index contributed by atoms with van der Waals surface area (Å²) in [5.74, 6) is -0.532. The molecule has 2 amide bonds. The van der Waals surface area contributed by atoms with E-state index in [1.165, 1.54) is 16.7 Å². The van der Waals surface area contributed by atoms with Crippen LogP contribution in [0.5, 0.6) is 0 Å². The van der Waals surface area contributed by atoms with Crippen LogP contribution in [-0.4, -0.2) is 45.3 Å². The molecule has 0 spiro atoms. The van der Waals surface area contributed by atoms with E-state index in [4.69, 9.17) is 14.2 Å². The van der Waals surface area contributed by atoms with Gasteiger partial charge in [-0.05, 0) is 60.6 Å². The second kappa shape index (κ2) is 8.63. The maximum Gasteiger partial charge on any atom is 0.425 e. The molecular formula is C20H26BrN3O6. The van der Waals surface area contributed by atoms with Crippen LogP contribution in [0.2, 0.25) is 0 Å². The number of carbonyl (C=O) groups excluding carboxylic acids is 3. The van der Waals surface area contributed by atoms with Crippen LogP contribution in [0, 0.1) is 0 Å². The molecular weight excluding hydrogens is 458 g/mol. The molecule has 0 fully saturated rings. The van der Waals surface area contributed by atoms with Crippen molar-refractivity contribution in [1.82, 2.24) is 9.38 Å². The molecule has 0 N–H and O–H groups in total. The molecule has 2 rings (SSSR count). The second-order valence-electron chi connectivity index (χ2n) is 8.40. The number of fused-ring (bicyclic) bond motifs is 1. The van der Waals surface area contributed by atoms with Crippen molar-refractivity contribution < 1.29 is 28.6 Å². The van der Waals surface area contributed by atoms with Gasteiger partial charge in [0.05, 0.1) is 6.61 Å². The topological polar surface area (TPSA) is 99.4 Å². The van der Waals surface area contributed by atoms with Crippen molar-refractivity contribution >= 4 is 45.6 Å². The number of hydrogen-bond donors (Lipinski definition) is 0. The summed E-state index contributed by atoms with van der Waals surface area (Å²) in [5, 5.41) is 0. The largest absolute Gasteiger partial charge is 0.461 e. The van der Waals surface area contributed by atoms with Crippen molar-refractivity contribution in [2.24, 2.45) is 0 Å². The summed E-state index contributed by atoms with van der Waals surface area (Å²) in [6.07, 6.45) is -0.471. The molecule has 0 saturated carbocycles. The van der Waals surface area contributed by atoms with Crippen molar-refractivity contribution in [2.75, 3.05) is 11.5 Å². The molecule has 0 aliphatic carbocycles. The van der Waals surface area contributed by atoms with Crippen molar-refractivity contribution in [3.63, 3.8) is 0 Å². The summed E-state index contributed by atoms with van der Waals surface area (Å²) in [6.45, 7) is 12.0. The van der Waals surface area contributed by atoms with Gasteiger partial charge in [-0.25, -0.2) is 19.4 Å². The molecule has 164 valence electrons. The predicted octanol–water partition coefficient (Wildman–Crippen LogP) is 4.95. The fourth-order valence-electron chi connectivity index (χ4n) is 2.39. The average Bonchev–Trinajstić information content (AvgIpc) is 2.95. The van der Waals surface area contributed by atoms with Crippen molar-refractivity contribution in [1.29, 1.82) is 0 Å². The number of esters is 1. The van der Waals surface area contributed by atoms with Crippen molar-refractivity contribution in [3.8, 4) is 0 Å². The molecule has 30 heavy (non-hydrogen) atoms. The number of ether oxygens (including phenoxy) is 3. The molecule has 0 radical (unpaired) electrons. The third-order valence-corrected chi connectivity index (χ3v) is 3.84. The number of rotatable bonds is 3. The minimum atomic E-state index is -0.928. The number of carbonyl (C=O) groups is 3. The first kappa shape index (κ1) is 23.7. The van der Waals surface area contributed by atoms with E-state index in [1.807, 2.05) is 0 Å². The maximum atomic E-state index is 12.9. The third kappa shape index (κ3) is 5.94. The van der Waals surface area contributed by atoms with Crippen LogP contribution >= 0.6 is 15.9 Å². The average molecular weight is 484 g/mol. The second-order valence-corrected chi connectivity index (χ2v) is 9.32. The number of hydrogen-bond acceptors (Lipinski definition) is 7. The molecule has 10 heteroatoms. The Hall–Kier alpha value is -2.62. The van der Waals surface area contributed by atoms with E-state index in [0.29, 0.717) is 10.1 Å². The highest BCUT2D eigenvalue weighted by Crippen LogP contribution is 2.27. The Morgan fingerprint density at radius 1 is 1.03 bits per heavy atom. The first-order chi connectivity index (χ1) is 13.7. The maximum absolute atomic E-state index is 12.9. The normalized spacial score (nSPS) is 11.9. The molecule has 2 heterocycles. The van der Waals surface area contributed by atoms with Crippen LogP contribution in [0.3, 0.4) is 0 Å². The van der Waals surface area contributed by atoms with Gasteiger partial charge in [-0.3, -0.25) is 4.40 Å². The molecule has 0 saturated heterocycles. The van der Waals surface area contributed by atoms with Gasteiger partial charge in [0.25, 0.3) is 0 Å². The van der Waals surface area contributed by atoms with E-state index in [1.54, 1.807) is 54.5 Å². The van der Waals surface area contributed by atoms with Gasteiger partial charge in [0.15, 0.2) is 5.69 Å². The summed E-state index contributed by atoms with van der Waals surface area (Å²) in [4.78, 5) is 43.0. The minimum absolute atomic E-state index is 0.0320. The molecule has 0 aliphatic rings. The first-order valence-corrected chi connectivity index (χ1v) is 10.1. The van der Waals surface area contributed by atoms with Gasteiger partial charge >= 0.3 is 18.2 Å². The summed E-state index contributed by atoms with van der Waals surface area (Å²) in [7, 11) is 0. The molecule has 2 aromatic heterocycles. The van der Waals surface area contributed by atoms with Gasteiger partial charge in [0.2, 0.25) is 0 Å². The van der Waals surface area contributed by atoms with Crippen LogP contribution < -0.4 is 4.90 Å². The van der Waals surface area contributed by atoms with Crippen LogP contribution in [0.4, 0.5) is 15.4 Å². The van der Waals surface area contributed by atoms with E-state index >= 15 is 0 Å². The number of aromatic nitrogens is 2. The van der Waals surface area contributed by atoms with Gasteiger partial charge in [0, 0.05) is 10.7 Å². The number of imidazole rings is 1. The first-order valence-electron chi connectivity index (χ1n) is 9.33. The Bertz CT molecular complexity index is 943. The Labute approximate surface area is 183 Å². The van der Waals surface area contributed by atoms with E-state index in [0.717, 1.165) is 4.90 Å². The lowest BCUT2D eigenvalue weighted by Gasteiger charge is -2.28. The number of halogens is 1. The Kier molecular flexibility index (Phi) is 6.80. The molecule has 0 bridgehead atoms.